The van der Waals surface area contributed by atoms with Crippen molar-refractivity contribution in [2.45, 2.75) is 114 Å². The van der Waals surface area contributed by atoms with Crippen molar-refractivity contribution in [1.29, 1.82) is 0 Å². The summed E-state index contributed by atoms with van der Waals surface area (Å²) in [5.41, 5.74) is -4.43. The van der Waals surface area contributed by atoms with Crippen LogP contribution in [-0.2, 0) is 14.3 Å². The van der Waals surface area contributed by atoms with Gasteiger partial charge in [-0.15, -0.1) is 0 Å². The van der Waals surface area contributed by atoms with Crippen molar-refractivity contribution >= 4 is 5.97 Å². The molecule has 10 nitrogen and oxygen atoms in total. The Labute approximate surface area is 211 Å². The molecule has 206 valence electrons. The summed E-state index contributed by atoms with van der Waals surface area (Å²) < 4.78 is 11.0. The first-order valence-corrected chi connectivity index (χ1v) is 13.4. The summed E-state index contributed by atoms with van der Waals surface area (Å²) >= 11 is 0. The van der Waals surface area contributed by atoms with Crippen LogP contribution in [0.15, 0.2) is 0 Å². The van der Waals surface area contributed by atoms with E-state index >= 15 is 0 Å². The van der Waals surface area contributed by atoms with Crippen molar-refractivity contribution < 1.29 is 50.0 Å². The topological polar surface area (TPSA) is 177 Å². The van der Waals surface area contributed by atoms with Gasteiger partial charge in [-0.05, 0) is 70.1 Å². The van der Waals surface area contributed by atoms with Crippen LogP contribution >= 0.6 is 0 Å². The van der Waals surface area contributed by atoms with Gasteiger partial charge in [0, 0.05) is 10.8 Å². The zero-order valence-corrected chi connectivity index (χ0v) is 21.2. The van der Waals surface area contributed by atoms with Crippen molar-refractivity contribution in [3.05, 3.63) is 0 Å². The molecule has 5 rings (SSSR count). The van der Waals surface area contributed by atoms with E-state index in [-0.39, 0.29) is 18.4 Å². The van der Waals surface area contributed by atoms with E-state index in [2.05, 4.69) is 0 Å². The third-order valence-corrected chi connectivity index (χ3v) is 11.4. The number of carbonyl (C=O) groups excluding carboxylic acids is 1. The minimum Gasteiger partial charge on any atom is -0.432 e. The van der Waals surface area contributed by atoms with Crippen molar-refractivity contribution in [2.24, 2.45) is 28.1 Å². The molecule has 1 heterocycles. The maximum absolute atomic E-state index is 13.7. The molecule has 36 heavy (non-hydrogen) atoms. The van der Waals surface area contributed by atoms with Gasteiger partial charge in [-0.2, -0.15) is 0 Å². The normalized spacial score (nSPS) is 56.5. The highest BCUT2D eigenvalue weighted by Gasteiger charge is 2.75. The molecule has 0 aromatic carbocycles. The number of aliphatic hydroxyl groups is 7. The van der Waals surface area contributed by atoms with Crippen LogP contribution in [-0.4, -0.2) is 96.8 Å². The average molecular weight is 515 g/mol. The van der Waals surface area contributed by atoms with Crippen LogP contribution in [0.5, 0.6) is 0 Å². The van der Waals surface area contributed by atoms with E-state index in [4.69, 9.17) is 9.47 Å². The predicted molar refractivity (Wildman–Crippen MR) is 124 cm³/mol. The molecule has 0 unspecified atom stereocenters. The SMILES string of the molecule is C[C@@]1(C(=O)O[C@H]2O[C@@H](CO)[C@H](O)[C@@H](O)[C@@H]2O)CCC[C@]2(C)[C@@H]1CC[C@@]13C[C@H](CC[C@]12O)[C@@](O)(CO)C3. The zero-order chi connectivity index (χ0) is 26.3. The van der Waals surface area contributed by atoms with Crippen LogP contribution in [0.25, 0.3) is 0 Å². The maximum atomic E-state index is 13.7. The minimum absolute atomic E-state index is 0.0472. The first-order chi connectivity index (χ1) is 16.8. The first kappa shape index (κ1) is 26.7. The van der Waals surface area contributed by atoms with Crippen molar-refractivity contribution in [1.82, 2.24) is 0 Å². The first-order valence-electron chi connectivity index (χ1n) is 13.4. The molecular weight excluding hydrogens is 472 g/mol. The van der Waals surface area contributed by atoms with Crippen LogP contribution in [0.2, 0.25) is 0 Å². The number of fused-ring (bicyclic) bond motifs is 3. The molecular formula is C26H42O10. The van der Waals surface area contributed by atoms with E-state index in [1.807, 2.05) is 13.8 Å². The van der Waals surface area contributed by atoms with Crippen molar-refractivity contribution in [3.63, 3.8) is 0 Å². The second-order valence-electron chi connectivity index (χ2n) is 12.9. The molecule has 12 atom stereocenters. The minimum atomic E-state index is -1.67. The number of esters is 1. The molecule has 1 aliphatic heterocycles. The highest BCUT2D eigenvalue weighted by molar-refractivity contribution is 5.77. The Morgan fingerprint density at radius 1 is 0.972 bits per heavy atom. The van der Waals surface area contributed by atoms with Gasteiger partial charge in [0.1, 0.15) is 24.4 Å². The Balaban J connectivity index is 1.42. The lowest BCUT2D eigenvalue weighted by molar-refractivity contribution is -0.301. The molecule has 0 amide bonds. The molecule has 4 saturated carbocycles. The molecule has 0 aromatic rings. The largest absolute Gasteiger partial charge is 0.432 e. The fourth-order valence-electron chi connectivity index (χ4n) is 9.35. The van der Waals surface area contributed by atoms with Gasteiger partial charge in [0.25, 0.3) is 0 Å². The van der Waals surface area contributed by atoms with Gasteiger partial charge in [0.15, 0.2) is 0 Å². The quantitative estimate of drug-likeness (QED) is 0.244. The number of carbonyl (C=O) groups is 1. The van der Waals surface area contributed by atoms with Gasteiger partial charge in [-0.3, -0.25) is 4.79 Å². The monoisotopic (exact) mass is 514 g/mol. The van der Waals surface area contributed by atoms with Gasteiger partial charge < -0.3 is 45.2 Å². The third-order valence-electron chi connectivity index (χ3n) is 11.4. The number of hydrogen-bond acceptors (Lipinski definition) is 10. The lowest BCUT2D eigenvalue weighted by Crippen LogP contribution is -2.69. The van der Waals surface area contributed by atoms with Crippen LogP contribution in [0.1, 0.15) is 71.6 Å². The van der Waals surface area contributed by atoms with Crippen LogP contribution in [0.3, 0.4) is 0 Å². The fourth-order valence-corrected chi connectivity index (χ4v) is 9.35. The highest BCUT2D eigenvalue weighted by Crippen LogP contribution is 2.74. The Bertz CT molecular complexity index is 883. The maximum Gasteiger partial charge on any atom is 0.314 e. The van der Waals surface area contributed by atoms with Crippen LogP contribution in [0.4, 0.5) is 0 Å². The fraction of sp³-hybridized carbons (Fsp3) is 0.962. The average Bonchev–Trinajstić information content (AvgIpc) is 3.09. The van der Waals surface area contributed by atoms with Crippen LogP contribution < -0.4 is 0 Å². The lowest BCUT2D eigenvalue weighted by Gasteiger charge is -2.67. The molecule has 1 saturated heterocycles. The third kappa shape index (κ3) is 3.35. The number of ether oxygens (including phenoxy) is 2. The van der Waals surface area contributed by atoms with Crippen LogP contribution in [0, 0.1) is 28.1 Å². The summed E-state index contributed by atoms with van der Waals surface area (Å²) in [4.78, 5) is 13.7. The van der Waals surface area contributed by atoms with Gasteiger partial charge in [0.05, 0.1) is 29.8 Å². The van der Waals surface area contributed by atoms with Gasteiger partial charge in [-0.25, -0.2) is 0 Å². The molecule has 10 heteroatoms. The summed E-state index contributed by atoms with van der Waals surface area (Å²) in [7, 11) is 0. The number of aliphatic hydroxyl groups excluding tert-OH is 5. The molecule has 1 spiro atoms. The standard InChI is InChI=1S/C26H42O10/c1-22(21(32)36-20-19(31)18(30)17(29)15(11-27)35-20)6-3-7-23(2)16(22)5-8-24-10-14(4-9-26(23,24)34)25(33,12-24)13-28/h14-20,27-31,33-34H,3-13H2,1-2H3/t14-,15-,16+,17-,18+,19-,20+,22+,23+,24-,25-,26+/m0/s1. The van der Waals surface area contributed by atoms with E-state index in [0.29, 0.717) is 51.4 Å². The summed E-state index contributed by atoms with van der Waals surface area (Å²) in [5, 5.41) is 73.6. The Morgan fingerprint density at radius 3 is 2.36 bits per heavy atom. The predicted octanol–water partition coefficient (Wildman–Crippen LogP) is -0.419. The zero-order valence-electron chi connectivity index (χ0n) is 21.2. The summed E-state index contributed by atoms with van der Waals surface area (Å²) in [6, 6.07) is 0. The molecule has 5 aliphatic rings. The molecule has 0 aromatic heterocycles. The van der Waals surface area contributed by atoms with E-state index in [0.717, 1.165) is 6.42 Å². The molecule has 7 N–H and O–H groups in total. The van der Waals surface area contributed by atoms with Gasteiger partial charge >= 0.3 is 5.97 Å². The van der Waals surface area contributed by atoms with Gasteiger partial charge in [0.2, 0.25) is 6.29 Å². The second-order valence-corrected chi connectivity index (χ2v) is 12.9. The summed E-state index contributed by atoms with van der Waals surface area (Å²) in [5.74, 6) is -0.880. The van der Waals surface area contributed by atoms with E-state index in [1.54, 1.807) is 0 Å². The van der Waals surface area contributed by atoms with E-state index in [9.17, 15) is 40.5 Å². The Kier molecular flexibility index (Phi) is 6.37. The molecule has 5 fully saturated rings. The van der Waals surface area contributed by atoms with E-state index < -0.39 is 70.7 Å². The highest BCUT2D eigenvalue weighted by atomic mass is 16.7. The van der Waals surface area contributed by atoms with Gasteiger partial charge in [-0.1, -0.05) is 13.3 Å². The summed E-state index contributed by atoms with van der Waals surface area (Å²) in [6.07, 6.45) is -2.24. The summed E-state index contributed by atoms with van der Waals surface area (Å²) in [6.45, 7) is 2.94. The van der Waals surface area contributed by atoms with Crippen molar-refractivity contribution in [3.8, 4) is 0 Å². The Hall–Kier alpha value is -0.850. The number of rotatable bonds is 4. The molecule has 4 aliphatic carbocycles. The molecule has 2 bridgehead atoms. The number of hydrogen-bond donors (Lipinski definition) is 7. The Morgan fingerprint density at radius 2 is 1.69 bits per heavy atom. The lowest BCUT2D eigenvalue weighted by atomic mass is 9.39. The van der Waals surface area contributed by atoms with Crippen molar-refractivity contribution in [2.75, 3.05) is 13.2 Å². The molecule has 0 radical (unpaired) electrons. The smallest absolute Gasteiger partial charge is 0.314 e. The second kappa shape index (κ2) is 8.58. The van der Waals surface area contributed by atoms with E-state index in [1.165, 1.54) is 0 Å².